The van der Waals surface area contributed by atoms with E-state index >= 15 is 0 Å². The summed E-state index contributed by atoms with van der Waals surface area (Å²) in [5, 5.41) is 0. The maximum atomic E-state index is 13.0. The minimum Gasteiger partial charge on any atom is -0.203 e. The van der Waals surface area contributed by atoms with Crippen molar-refractivity contribution in [3.63, 3.8) is 0 Å². The van der Waals surface area contributed by atoms with Crippen LogP contribution in [0.3, 0.4) is 0 Å². The molecule has 1 aromatic carbocycles. The molecule has 0 nitrogen and oxygen atoms in total. The molecule has 0 bridgehead atoms. The van der Waals surface area contributed by atoms with Crippen molar-refractivity contribution in [2.45, 2.75) is 11.1 Å². The third-order valence-corrected chi connectivity index (χ3v) is 3.25. The maximum Gasteiger partial charge on any atom is 0.422 e. The average Bonchev–Trinajstić information content (AvgIpc) is 2.12. The van der Waals surface area contributed by atoms with Crippen LogP contribution in [-0.4, -0.2) is 0 Å². The first-order valence-corrected chi connectivity index (χ1v) is 6.46. The fourth-order valence-electron chi connectivity index (χ4n) is 0.996. The number of benzene rings is 1. The van der Waals surface area contributed by atoms with Crippen LogP contribution in [0.4, 0.5) is 30.7 Å². The predicted molar refractivity (Wildman–Crippen MR) is 48.6 cm³/mol. The lowest BCUT2D eigenvalue weighted by atomic mass is 10.1. The highest BCUT2D eigenvalue weighted by Crippen LogP contribution is 2.39. The van der Waals surface area contributed by atoms with Crippen LogP contribution in [-0.2, 0) is 15.5 Å². The molecule has 10 heteroatoms. The molecule has 0 heterocycles. The zero-order valence-corrected chi connectivity index (χ0v) is 9.64. The van der Waals surface area contributed by atoms with E-state index in [1.807, 2.05) is 0 Å². The number of hydrogen-bond donors (Lipinski definition) is 0. The number of alkyl halides is 3. The zero-order chi connectivity index (χ0) is 13.5. The van der Waals surface area contributed by atoms with Crippen LogP contribution in [0.25, 0.3) is 0 Å². The summed E-state index contributed by atoms with van der Waals surface area (Å²) in [6.45, 7) is 0. The Morgan fingerprint density at radius 1 is 0.765 bits per heavy atom. The average molecular weight is 320 g/mol. The standard InChI is InChI=1S/C7Cl2F7S/c8-17(9)6-4(12)2(10)1(7(14,15)16)3(11)5(6)13/q+1. The highest BCUT2D eigenvalue weighted by atomic mass is 36.0. The number of rotatable bonds is 1. The molecule has 0 fully saturated rings. The summed E-state index contributed by atoms with van der Waals surface area (Å²) in [6.07, 6.45) is -5.58. The second-order valence-corrected chi connectivity index (χ2v) is 5.83. The first kappa shape index (κ1) is 14.7. The Morgan fingerprint density at radius 2 is 1.12 bits per heavy atom. The quantitative estimate of drug-likeness (QED) is 0.405. The molecule has 0 amide bonds. The van der Waals surface area contributed by atoms with Crippen molar-refractivity contribution < 1.29 is 30.7 Å². The smallest absolute Gasteiger partial charge is 0.203 e. The van der Waals surface area contributed by atoms with Crippen LogP contribution >= 0.6 is 21.4 Å². The summed E-state index contributed by atoms with van der Waals surface area (Å²) in [5.41, 5.74) is -2.66. The van der Waals surface area contributed by atoms with Gasteiger partial charge in [-0.25, -0.2) is 8.78 Å². The Balaban J connectivity index is 3.71. The van der Waals surface area contributed by atoms with Gasteiger partial charge >= 0.3 is 6.18 Å². The molecule has 17 heavy (non-hydrogen) atoms. The molecule has 0 aliphatic heterocycles. The third-order valence-electron chi connectivity index (χ3n) is 1.66. The summed E-state index contributed by atoms with van der Waals surface area (Å²) in [7, 11) is 7.74. The second-order valence-electron chi connectivity index (χ2n) is 2.67. The molecular formula is C7Cl2F7S+. The van der Waals surface area contributed by atoms with E-state index in [1.165, 1.54) is 0 Å². The molecule has 0 saturated carbocycles. The van der Waals surface area contributed by atoms with Crippen LogP contribution < -0.4 is 0 Å². The molecule has 0 N–H and O–H groups in total. The van der Waals surface area contributed by atoms with Crippen molar-refractivity contribution in [3.05, 3.63) is 28.8 Å². The fourth-order valence-corrected chi connectivity index (χ4v) is 2.26. The van der Waals surface area contributed by atoms with Crippen molar-refractivity contribution in [2.24, 2.45) is 0 Å². The van der Waals surface area contributed by atoms with Crippen LogP contribution in [0.5, 0.6) is 0 Å². The molecule has 1 rings (SSSR count). The van der Waals surface area contributed by atoms with Crippen LogP contribution in [0.1, 0.15) is 5.56 Å². The van der Waals surface area contributed by atoms with Crippen LogP contribution in [0, 0.1) is 23.3 Å². The SMILES string of the molecule is Fc1c(F)c(C(F)(F)F)c(F)c(F)c1[S+](Cl)Cl. The number of hydrogen-bond acceptors (Lipinski definition) is 0. The van der Waals surface area contributed by atoms with E-state index in [4.69, 9.17) is 21.4 Å². The van der Waals surface area contributed by atoms with Gasteiger partial charge in [-0.05, 0) is 0 Å². The van der Waals surface area contributed by atoms with E-state index in [9.17, 15) is 30.7 Å². The lowest BCUT2D eigenvalue weighted by molar-refractivity contribution is -0.143. The van der Waals surface area contributed by atoms with Gasteiger partial charge in [0.25, 0.3) is 14.2 Å². The highest BCUT2D eigenvalue weighted by molar-refractivity contribution is 8.35. The van der Waals surface area contributed by atoms with Gasteiger partial charge in [0.15, 0.2) is 11.6 Å². The first-order chi connectivity index (χ1) is 7.59. The Labute approximate surface area is 102 Å². The summed E-state index contributed by atoms with van der Waals surface area (Å²) in [5.74, 6) is -9.68. The van der Waals surface area contributed by atoms with Gasteiger partial charge in [-0.1, -0.05) is 0 Å². The van der Waals surface area contributed by atoms with Crippen molar-refractivity contribution in [2.75, 3.05) is 0 Å². The van der Waals surface area contributed by atoms with Crippen LogP contribution in [0.2, 0.25) is 0 Å². The zero-order valence-electron chi connectivity index (χ0n) is 7.31. The van der Waals surface area contributed by atoms with Crippen molar-refractivity contribution in [1.82, 2.24) is 0 Å². The van der Waals surface area contributed by atoms with E-state index in [0.29, 0.717) is 0 Å². The largest absolute Gasteiger partial charge is 0.422 e. The third kappa shape index (κ3) is 2.58. The molecule has 0 spiro atoms. The number of halogens is 9. The minimum atomic E-state index is -5.58. The molecule has 0 saturated heterocycles. The Kier molecular flexibility index (Phi) is 4.10. The van der Waals surface area contributed by atoms with Gasteiger partial charge < -0.3 is 0 Å². The molecule has 1 aromatic rings. The molecule has 0 aliphatic rings. The van der Waals surface area contributed by atoms with Gasteiger partial charge in [-0.15, -0.1) is 0 Å². The highest BCUT2D eigenvalue weighted by Gasteiger charge is 2.46. The molecule has 0 aromatic heterocycles. The van der Waals surface area contributed by atoms with Gasteiger partial charge in [0.1, 0.15) is 5.56 Å². The first-order valence-electron chi connectivity index (χ1n) is 3.59. The lowest BCUT2D eigenvalue weighted by Gasteiger charge is -2.10. The molecule has 0 radical (unpaired) electrons. The van der Waals surface area contributed by atoms with Gasteiger partial charge in [0.05, 0.1) is 0 Å². The molecule has 0 unspecified atom stereocenters. The minimum absolute atomic E-state index is 1.48. The molecule has 0 atom stereocenters. The van der Waals surface area contributed by atoms with Gasteiger partial charge in [-0.3, -0.25) is 0 Å². The van der Waals surface area contributed by atoms with Gasteiger partial charge in [0, 0.05) is 0 Å². The molecular weight excluding hydrogens is 320 g/mol. The fraction of sp³-hybridized carbons (Fsp3) is 0.143. The second kappa shape index (κ2) is 4.74. The van der Waals surface area contributed by atoms with E-state index in [0.717, 1.165) is 0 Å². The van der Waals surface area contributed by atoms with Crippen molar-refractivity contribution in [1.29, 1.82) is 0 Å². The molecule has 96 valence electrons. The maximum absolute atomic E-state index is 13.0. The Bertz CT molecular complexity index is 428. The Morgan fingerprint density at radius 3 is 1.35 bits per heavy atom. The Hall–Kier alpha value is -0.340. The van der Waals surface area contributed by atoms with Crippen molar-refractivity contribution in [3.8, 4) is 0 Å². The van der Waals surface area contributed by atoms with Gasteiger partial charge in [-0.2, -0.15) is 22.0 Å². The van der Waals surface area contributed by atoms with E-state index in [-0.39, 0.29) is 0 Å². The summed E-state index contributed by atoms with van der Waals surface area (Å²) in [6, 6.07) is 0. The monoisotopic (exact) mass is 319 g/mol. The summed E-state index contributed by atoms with van der Waals surface area (Å²) in [4.78, 5) is -1.48. The normalized spacial score (nSPS) is 12.4. The predicted octanol–water partition coefficient (Wildman–Crippen LogP) is 4.55. The van der Waals surface area contributed by atoms with Gasteiger partial charge in [0.2, 0.25) is 33.0 Å². The summed E-state index contributed by atoms with van der Waals surface area (Å²) < 4.78 is 88.3. The topological polar surface area (TPSA) is 0 Å². The molecule has 0 aliphatic carbocycles. The van der Waals surface area contributed by atoms with Crippen molar-refractivity contribution >= 4 is 30.7 Å². The summed E-state index contributed by atoms with van der Waals surface area (Å²) >= 11 is 0. The lowest BCUT2D eigenvalue weighted by Crippen LogP contribution is -2.17. The van der Waals surface area contributed by atoms with E-state index in [2.05, 4.69) is 0 Å². The van der Waals surface area contributed by atoms with E-state index < -0.39 is 49.2 Å². The van der Waals surface area contributed by atoms with E-state index in [1.54, 1.807) is 0 Å². The van der Waals surface area contributed by atoms with Crippen LogP contribution in [0.15, 0.2) is 4.90 Å².